The van der Waals surface area contributed by atoms with Crippen LogP contribution in [0.3, 0.4) is 0 Å². The van der Waals surface area contributed by atoms with Gasteiger partial charge in [0.25, 0.3) is 0 Å². The third-order valence-corrected chi connectivity index (χ3v) is 4.85. The van der Waals surface area contributed by atoms with E-state index in [2.05, 4.69) is 12.1 Å². The monoisotopic (exact) mass is 334 g/mol. The zero-order chi connectivity index (χ0) is 16.2. The van der Waals surface area contributed by atoms with Crippen LogP contribution >= 0.6 is 11.6 Å². The van der Waals surface area contributed by atoms with Crippen LogP contribution in [0.5, 0.6) is 0 Å². The second kappa shape index (κ2) is 7.35. The van der Waals surface area contributed by atoms with Gasteiger partial charge in [-0.3, -0.25) is 4.79 Å². The fourth-order valence-corrected chi connectivity index (χ4v) is 3.19. The predicted octanol–water partition coefficient (Wildman–Crippen LogP) is 3.87. The van der Waals surface area contributed by atoms with Gasteiger partial charge in [-0.2, -0.15) is 0 Å². The van der Waals surface area contributed by atoms with E-state index in [4.69, 9.17) is 16.4 Å². The van der Waals surface area contributed by atoms with Gasteiger partial charge in [0.05, 0.1) is 12.3 Å². The van der Waals surface area contributed by atoms with Crippen LogP contribution in [0.25, 0.3) is 0 Å². The van der Waals surface area contributed by atoms with E-state index in [0.717, 1.165) is 43.5 Å². The van der Waals surface area contributed by atoms with Gasteiger partial charge < -0.3 is 9.74 Å². The summed E-state index contributed by atoms with van der Waals surface area (Å²) < 4.78 is 0. The highest BCUT2D eigenvalue weighted by molar-refractivity contribution is 6.30. The molecule has 5 heteroatoms. The molecule has 1 saturated carbocycles. The fourth-order valence-electron chi connectivity index (χ4n) is 3.06. The minimum absolute atomic E-state index is 0.0451. The lowest BCUT2D eigenvalue weighted by Gasteiger charge is -2.32. The number of oxime groups is 1. The molecule has 1 heterocycles. The molecule has 0 unspecified atom stereocenters. The van der Waals surface area contributed by atoms with Crippen molar-refractivity contribution in [2.45, 2.75) is 45.1 Å². The summed E-state index contributed by atoms with van der Waals surface area (Å²) in [5.41, 5.74) is 1.96. The molecule has 124 valence electrons. The third kappa shape index (κ3) is 3.86. The number of halogens is 1. The lowest BCUT2D eigenvalue weighted by molar-refractivity contribution is -0.140. The Morgan fingerprint density at radius 1 is 1.35 bits per heavy atom. The van der Waals surface area contributed by atoms with E-state index in [1.54, 1.807) is 0 Å². The van der Waals surface area contributed by atoms with Gasteiger partial charge in [-0.05, 0) is 37.0 Å². The first kappa shape index (κ1) is 16.3. The second-order valence-corrected chi connectivity index (χ2v) is 6.82. The molecule has 1 atom stereocenters. The van der Waals surface area contributed by atoms with Crippen molar-refractivity contribution in [1.82, 2.24) is 4.90 Å². The standard InChI is InChI=1S/C18H23ClN2O2/c1-2-10-21(18(22)14-4-3-5-14)12-16-11-17(20-23-16)13-6-8-15(19)9-7-13/h6-9,14,16H,2-5,10-12H2,1H3/t16-/m1/s1. The molecule has 0 N–H and O–H groups in total. The molecule has 1 fully saturated rings. The van der Waals surface area contributed by atoms with Crippen LogP contribution < -0.4 is 0 Å². The topological polar surface area (TPSA) is 41.9 Å². The Hall–Kier alpha value is -1.55. The van der Waals surface area contributed by atoms with Crippen molar-refractivity contribution in [3.63, 3.8) is 0 Å². The van der Waals surface area contributed by atoms with Crippen molar-refractivity contribution in [1.29, 1.82) is 0 Å². The molecule has 4 nitrogen and oxygen atoms in total. The van der Waals surface area contributed by atoms with Gasteiger partial charge in [-0.1, -0.05) is 42.2 Å². The SMILES string of the molecule is CCCN(C[C@H]1CC(c2ccc(Cl)cc2)=NO1)C(=O)C1CCC1. The minimum atomic E-state index is -0.0451. The quantitative estimate of drug-likeness (QED) is 0.792. The molecule has 0 spiro atoms. The molecule has 2 aliphatic rings. The molecule has 1 aliphatic carbocycles. The van der Waals surface area contributed by atoms with E-state index in [0.29, 0.717) is 17.5 Å². The maximum atomic E-state index is 12.5. The first-order valence-corrected chi connectivity index (χ1v) is 8.82. The normalized spacial score (nSPS) is 20.6. The first-order valence-electron chi connectivity index (χ1n) is 8.44. The van der Waals surface area contributed by atoms with Gasteiger partial charge in [0.15, 0.2) is 6.10 Å². The predicted molar refractivity (Wildman–Crippen MR) is 91.7 cm³/mol. The van der Waals surface area contributed by atoms with Crippen molar-refractivity contribution < 1.29 is 9.63 Å². The molecule has 0 bridgehead atoms. The molecule has 1 amide bonds. The van der Waals surface area contributed by atoms with E-state index < -0.39 is 0 Å². The van der Waals surface area contributed by atoms with E-state index in [1.807, 2.05) is 29.2 Å². The zero-order valence-corrected chi connectivity index (χ0v) is 14.3. The molecule has 1 aromatic rings. The highest BCUT2D eigenvalue weighted by atomic mass is 35.5. The van der Waals surface area contributed by atoms with Gasteiger partial charge in [-0.15, -0.1) is 0 Å². The molecule has 3 rings (SSSR count). The fraction of sp³-hybridized carbons (Fsp3) is 0.556. The van der Waals surface area contributed by atoms with Crippen molar-refractivity contribution >= 4 is 23.2 Å². The number of amides is 1. The molecular weight excluding hydrogens is 312 g/mol. The highest BCUT2D eigenvalue weighted by Crippen LogP contribution is 2.29. The number of nitrogens with zero attached hydrogens (tertiary/aromatic N) is 2. The summed E-state index contributed by atoms with van der Waals surface area (Å²) in [6.45, 7) is 3.53. The van der Waals surface area contributed by atoms with Gasteiger partial charge >= 0.3 is 0 Å². The molecule has 0 saturated heterocycles. The lowest BCUT2D eigenvalue weighted by atomic mass is 9.84. The Bertz CT molecular complexity index is 581. The molecule has 23 heavy (non-hydrogen) atoms. The highest BCUT2D eigenvalue weighted by Gasteiger charge is 2.32. The third-order valence-electron chi connectivity index (χ3n) is 4.59. The molecule has 0 radical (unpaired) electrons. The van der Waals surface area contributed by atoms with Crippen LogP contribution in [0.1, 0.15) is 44.6 Å². The summed E-state index contributed by atoms with van der Waals surface area (Å²) in [7, 11) is 0. The maximum absolute atomic E-state index is 12.5. The van der Waals surface area contributed by atoms with Crippen LogP contribution in [-0.2, 0) is 9.63 Å². The van der Waals surface area contributed by atoms with Crippen LogP contribution in [0.4, 0.5) is 0 Å². The van der Waals surface area contributed by atoms with E-state index >= 15 is 0 Å². The number of hydrogen-bond acceptors (Lipinski definition) is 3. The minimum Gasteiger partial charge on any atom is -0.390 e. The summed E-state index contributed by atoms with van der Waals surface area (Å²) in [6.07, 6.45) is 4.92. The average molecular weight is 335 g/mol. The van der Waals surface area contributed by atoms with Crippen LogP contribution in [0.2, 0.25) is 5.02 Å². The Kier molecular flexibility index (Phi) is 5.21. The number of carbonyl (C=O) groups excluding carboxylic acids is 1. The summed E-state index contributed by atoms with van der Waals surface area (Å²) in [5.74, 6) is 0.529. The Morgan fingerprint density at radius 3 is 2.70 bits per heavy atom. The summed E-state index contributed by atoms with van der Waals surface area (Å²) in [6, 6.07) is 7.62. The van der Waals surface area contributed by atoms with Gasteiger partial charge in [0.2, 0.25) is 5.91 Å². The number of hydrogen-bond donors (Lipinski definition) is 0. The van der Waals surface area contributed by atoms with Gasteiger partial charge in [0.1, 0.15) is 0 Å². The summed E-state index contributed by atoms with van der Waals surface area (Å²) in [4.78, 5) is 20.0. The Morgan fingerprint density at radius 2 is 2.09 bits per heavy atom. The van der Waals surface area contributed by atoms with Crippen LogP contribution in [-0.4, -0.2) is 35.7 Å². The van der Waals surface area contributed by atoms with Crippen molar-refractivity contribution in [3.05, 3.63) is 34.9 Å². The Labute approximate surface area is 142 Å². The molecule has 1 aromatic carbocycles. The maximum Gasteiger partial charge on any atom is 0.225 e. The van der Waals surface area contributed by atoms with Crippen molar-refractivity contribution in [3.8, 4) is 0 Å². The molecular formula is C18H23ClN2O2. The van der Waals surface area contributed by atoms with E-state index in [1.165, 1.54) is 6.42 Å². The summed E-state index contributed by atoms with van der Waals surface area (Å²) >= 11 is 5.92. The zero-order valence-electron chi connectivity index (χ0n) is 13.5. The number of carbonyl (C=O) groups is 1. The first-order chi connectivity index (χ1) is 11.2. The van der Waals surface area contributed by atoms with Crippen molar-refractivity contribution in [2.75, 3.05) is 13.1 Å². The van der Waals surface area contributed by atoms with E-state index in [-0.39, 0.29) is 12.0 Å². The second-order valence-electron chi connectivity index (χ2n) is 6.39. The van der Waals surface area contributed by atoms with Gasteiger partial charge in [0, 0.05) is 23.9 Å². The van der Waals surface area contributed by atoms with Crippen molar-refractivity contribution in [2.24, 2.45) is 11.1 Å². The average Bonchev–Trinajstić information content (AvgIpc) is 2.94. The number of rotatable bonds is 6. The largest absolute Gasteiger partial charge is 0.390 e. The van der Waals surface area contributed by atoms with Gasteiger partial charge in [-0.25, -0.2) is 0 Å². The van der Waals surface area contributed by atoms with Crippen LogP contribution in [0.15, 0.2) is 29.4 Å². The lowest BCUT2D eigenvalue weighted by Crippen LogP contribution is -2.43. The smallest absolute Gasteiger partial charge is 0.225 e. The Balaban J connectivity index is 1.57. The van der Waals surface area contributed by atoms with E-state index in [9.17, 15) is 4.79 Å². The molecule has 0 aromatic heterocycles. The molecule has 1 aliphatic heterocycles. The number of benzene rings is 1. The van der Waals surface area contributed by atoms with Crippen LogP contribution in [0, 0.1) is 5.92 Å². The summed E-state index contributed by atoms with van der Waals surface area (Å²) in [5, 5.41) is 4.92.